The van der Waals surface area contributed by atoms with E-state index in [1.807, 2.05) is 18.2 Å². The lowest BCUT2D eigenvalue weighted by Gasteiger charge is -2.10. The van der Waals surface area contributed by atoms with E-state index in [1.165, 1.54) is 0 Å². The van der Waals surface area contributed by atoms with Crippen LogP contribution in [-0.2, 0) is 6.54 Å². The molecule has 0 fully saturated rings. The third-order valence-corrected chi connectivity index (χ3v) is 2.31. The molecule has 0 saturated heterocycles. The Morgan fingerprint density at radius 1 is 1.43 bits per heavy atom. The fourth-order valence-corrected chi connectivity index (χ4v) is 1.35. The smallest absolute Gasteiger partial charge is 0.120 e. The summed E-state index contributed by atoms with van der Waals surface area (Å²) >= 11 is 6.07. The van der Waals surface area contributed by atoms with Gasteiger partial charge in [-0.2, -0.15) is 0 Å². The largest absolute Gasteiger partial charge is 0.497 e. The molecule has 0 saturated carbocycles. The van der Waals surface area contributed by atoms with Gasteiger partial charge in [-0.25, -0.2) is 0 Å². The Balaban J connectivity index is 2.69. The highest BCUT2D eigenvalue weighted by atomic mass is 35.5. The fraction of sp³-hybridized carbons (Fsp3) is 0.455. The quantitative estimate of drug-likeness (QED) is 0.831. The Labute approximate surface area is 90.2 Å². The Morgan fingerprint density at radius 2 is 2.14 bits per heavy atom. The van der Waals surface area contributed by atoms with Crippen LogP contribution in [0, 0.1) is 0 Å². The Bertz CT molecular complexity index is 299. The number of hydrogen-bond donors (Lipinski definition) is 1. The summed E-state index contributed by atoms with van der Waals surface area (Å²) in [6.07, 6.45) is 0. The molecule has 0 bridgehead atoms. The topological polar surface area (TPSA) is 21.3 Å². The third kappa shape index (κ3) is 3.20. The minimum absolute atomic E-state index is 0.466. The molecule has 0 aliphatic carbocycles. The van der Waals surface area contributed by atoms with Gasteiger partial charge < -0.3 is 10.1 Å². The van der Waals surface area contributed by atoms with Crippen LogP contribution in [0.2, 0.25) is 5.02 Å². The van der Waals surface area contributed by atoms with E-state index < -0.39 is 0 Å². The van der Waals surface area contributed by atoms with Crippen molar-refractivity contribution in [1.82, 2.24) is 5.32 Å². The molecule has 3 heteroatoms. The van der Waals surface area contributed by atoms with Gasteiger partial charge in [-0.15, -0.1) is 0 Å². The van der Waals surface area contributed by atoms with Gasteiger partial charge in [0.15, 0.2) is 0 Å². The molecular formula is C11H16ClNO. The number of methoxy groups -OCH3 is 1. The Morgan fingerprint density at radius 3 is 2.64 bits per heavy atom. The van der Waals surface area contributed by atoms with E-state index in [0.717, 1.165) is 22.9 Å². The lowest BCUT2D eigenvalue weighted by atomic mass is 10.2. The minimum Gasteiger partial charge on any atom is -0.497 e. The van der Waals surface area contributed by atoms with Crippen molar-refractivity contribution in [3.05, 3.63) is 28.8 Å². The highest BCUT2D eigenvalue weighted by Gasteiger charge is 2.02. The van der Waals surface area contributed by atoms with Gasteiger partial charge in [-0.1, -0.05) is 31.5 Å². The van der Waals surface area contributed by atoms with E-state index in [9.17, 15) is 0 Å². The fourth-order valence-electron chi connectivity index (χ4n) is 1.11. The number of nitrogens with one attached hydrogen (secondary N) is 1. The van der Waals surface area contributed by atoms with Crippen molar-refractivity contribution >= 4 is 11.6 Å². The average molecular weight is 214 g/mol. The summed E-state index contributed by atoms with van der Waals surface area (Å²) in [7, 11) is 1.64. The van der Waals surface area contributed by atoms with Crippen LogP contribution in [0.15, 0.2) is 18.2 Å². The number of hydrogen-bond acceptors (Lipinski definition) is 2. The number of halogens is 1. The van der Waals surface area contributed by atoms with Gasteiger partial charge in [0.2, 0.25) is 0 Å². The van der Waals surface area contributed by atoms with Gasteiger partial charge >= 0.3 is 0 Å². The first kappa shape index (κ1) is 11.3. The van der Waals surface area contributed by atoms with Crippen molar-refractivity contribution in [3.63, 3.8) is 0 Å². The maximum atomic E-state index is 6.07. The maximum absolute atomic E-state index is 6.07. The highest BCUT2D eigenvalue weighted by molar-refractivity contribution is 6.31. The molecule has 1 rings (SSSR count). The SMILES string of the molecule is COc1ccc(CNC(C)C)c(Cl)c1. The van der Waals surface area contributed by atoms with E-state index in [2.05, 4.69) is 19.2 Å². The van der Waals surface area contributed by atoms with Crippen LogP contribution < -0.4 is 10.1 Å². The molecule has 1 N–H and O–H groups in total. The standard InChI is InChI=1S/C11H16ClNO/c1-8(2)13-7-9-4-5-10(14-3)6-11(9)12/h4-6,8,13H,7H2,1-3H3. The van der Waals surface area contributed by atoms with Crippen LogP contribution in [0.4, 0.5) is 0 Å². The molecule has 0 unspecified atom stereocenters. The maximum Gasteiger partial charge on any atom is 0.120 e. The monoisotopic (exact) mass is 213 g/mol. The van der Waals surface area contributed by atoms with Crippen molar-refractivity contribution in [2.24, 2.45) is 0 Å². The molecule has 0 heterocycles. The summed E-state index contributed by atoms with van der Waals surface area (Å²) in [4.78, 5) is 0. The van der Waals surface area contributed by atoms with Crippen LogP contribution in [0.5, 0.6) is 5.75 Å². The van der Waals surface area contributed by atoms with E-state index in [1.54, 1.807) is 7.11 Å². The average Bonchev–Trinajstić information content (AvgIpc) is 2.15. The van der Waals surface area contributed by atoms with Gasteiger partial charge in [-0.05, 0) is 17.7 Å². The first-order valence-electron chi connectivity index (χ1n) is 4.69. The van der Waals surface area contributed by atoms with E-state index in [0.29, 0.717) is 6.04 Å². The van der Waals surface area contributed by atoms with Gasteiger partial charge in [0, 0.05) is 17.6 Å². The highest BCUT2D eigenvalue weighted by Crippen LogP contribution is 2.22. The zero-order valence-electron chi connectivity index (χ0n) is 8.80. The Hall–Kier alpha value is -0.730. The lowest BCUT2D eigenvalue weighted by Crippen LogP contribution is -2.21. The van der Waals surface area contributed by atoms with Crippen molar-refractivity contribution < 1.29 is 4.74 Å². The summed E-state index contributed by atoms with van der Waals surface area (Å²) in [5.41, 5.74) is 1.10. The van der Waals surface area contributed by atoms with Crippen molar-refractivity contribution in [1.29, 1.82) is 0 Å². The molecule has 0 spiro atoms. The van der Waals surface area contributed by atoms with Crippen molar-refractivity contribution in [2.45, 2.75) is 26.4 Å². The summed E-state index contributed by atoms with van der Waals surface area (Å²) in [6.45, 7) is 5.01. The first-order chi connectivity index (χ1) is 6.63. The first-order valence-corrected chi connectivity index (χ1v) is 5.07. The van der Waals surface area contributed by atoms with Gasteiger partial charge in [0.05, 0.1) is 7.11 Å². The molecule has 2 nitrogen and oxygen atoms in total. The second kappa shape index (κ2) is 5.23. The van der Waals surface area contributed by atoms with Gasteiger partial charge in [0.1, 0.15) is 5.75 Å². The summed E-state index contributed by atoms with van der Waals surface area (Å²) < 4.78 is 5.07. The third-order valence-electron chi connectivity index (χ3n) is 1.96. The van der Waals surface area contributed by atoms with Gasteiger partial charge in [0.25, 0.3) is 0 Å². The summed E-state index contributed by atoms with van der Waals surface area (Å²) in [5, 5.41) is 4.06. The summed E-state index contributed by atoms with van der Waals surface area (Å²) in [6, 6.07) is 6.20. The van der Waals surface area contributed by atoms with Crippen LogP contribution >= 0.6 is 11.6 Å². The predicted octanol–water partition coefficient (Wildman–Crippen LogP) is 2.85. The number of benzene rings is 1. The van der Waals surface area contributed by atoms with Crippen LogP contribution in [-0.4, -0.2) is 13.2 Å². The zero-order valence-corrected chi connectivity index (χ0v) is 9.56. The molecule has 1 aromatic carbocycles. The lowest BCUT2D eigenvalue weighted by molar-refractivity contribution is 0.414. The molecule has 0 aliphatic rings. The molecule has 14 heavy (non-hydrogen) atoms. The molecular weight excluding hydrogens is 198 g/mol. The number of rotatable bonds is 4. The van der Waals surface area contributed by atoms with E-state index in [-0.39, 0.29) is 0 Å². The number of ether oxygens (including phenoxy) is 1. The van der Waals surface area contributed by atoms with E-state index >= 15 is 0 Å². The molecule has 0 amide bonds. The molecule has 0 radical (unpaired) electrons. The zero-order chi connectivity index (χ0) is 10.6. The predicted molar refractivity (Wildman–Crippen MR) is 60.0 cm³/mol. The molecule has 0 aliphatic heterocycles. The summed E-state index contributed by atoms with van der Waals surface area (Å²) in [5.74, 6) is 0.795. The second-order valence-corrected chi connectivity index (χ2v) is 3.90. The van der Waals surface area contributed by atoms with Crippen LogP contribution in [0.1, 0.15) is 19.4 Å². The molecule has 1 aromatic rings. The van der Waals surface area contributed by atoms with Crippen molar-refractivity contribution in [3.8, 4) is 5.75 Å². The minimum atomic E-state index is 0.466. The normalized spacial score (nSPS) is 10.6. The van der Waals surface area contributed by atoms with Crippen LogP contribution in [0.25, 0.3) is 0 Å². The molecule has 0 atom stereocenters. The second-order valence-electron chi connectivity index (χ2n) is 3.49. The molecule has 0 aromatic heterocycles. The van der Waals surface area contributed by atoms with Gasteiger partial charge in [-0.3, -0.25) is 0 Å². The van der Waals surface area contributed by atoms with E-state index in [4.69, 9.17) is 16.3 Å². The molecule has 78 valence electrons. The van der Waals surface area contributed by atoms with Crippen molar-refractivity contribution in [2.75, 3.05) is 7.11 Å². The Kier molecular flexibility index (Phi) is 4.23. The van der Waals surface area contributed by atoms with Crippen LogP contribution in [0.3, 0.4) is 0 Å².